The van der Waals surface area contributed by atoms with Crippen LogP contribution >= 0.6 is 0 Å². The molecule has 0 aliphatic carbocycles. The van der Waals surface area contributed by atoms with Crippen molar-refractivity contribution in [3.8, 4) is 11.5 Å². The maximum atomic E-state index is 5.40. The largest absolute Gasteiger partial charge is 0.442 e. The van der Waals surface area contributed by atoms with E-state index in [1.165, 1.54) is 6.39 Å². The molecule has 0 radical (unpaired) electrons. The van der Waals surface area contributed by atoms with Crippen LogP contribution in [-0.2, 0) is 18.3 Å². The van der Waals surface area contributed by atoms with Gasteiger partial charge in [-0.05, 0) is 6.07 Å². The molecule has 6 nitrogen and oxygen atoms in total. The zero-order valence-electron chi connectivity index (χ0n) is 10.0. The molecule has 0 bridgehead atoms. The molecule has 0 aliphatic rings. The molecule has 0 amide bonds. The van der Waals surface area contributed by atoms with Gasteiger partial charge in [0.05, 0.1) is 6.61 Å². The van der Waals surface area contributed by atoms with Crippen LogP contribution in [0.4, 0.5) is 0 Å². The van der Waals surface area contributed by atoms with Crippen LogP contribution in [0.1, 0.15) is 5.69 Å². The number of methoxy groups -OCH3 is 1. The number of rotatable bonds is 6. The Morgan fingerprint density at radius 2 is 2.41 bits per heavy atom. The SMILES string of the molecule is COCCNCc1ncoc1-c1ccnn1C. The summed E-state index contributed by atoms with van der Waals surface area (Å²) in [5, 5.41) is 7.35. The first-order valence-electron chi connectivity index (χ1n) is 5.43. The molecular weight excluding hydrogens is 220 g/mol. The second kappa shape index (κ2) is 5.60. The molecule has 0 unspecified atom stereocenters. The number of aryl methyl sites for hydroxylation is 1. The highest BCUT2D eigenvalue weighted by molar-refractivity contribution is 5.54. The topological polar surface area (TPSA) is 65.1 Å². The number of nitrogens with zero attached hydrogens (tertiary/aromatic N) is 3. The monoisotopic (exact) mass is 236 g/mol. The molecule has 0 aromatic carbocycles. The van der Waals surface area contributed by atoms with Gasteiger partial charge in [-0.1, -0.05) is 0 Å². The Morgan fingerprint density at radius 1 is 1.53 bits per heavy atom. The zero-order valence-corrected chi connectivity index (χ0v) is 10.0. The molecule has 0 fully saturated rings. The Morgan fingerprint density at radius 3 is 3.12 bits per heavy atom. The van der Waals surface area contributed by atoms with Crippen LogP contribution in [-0.4, -0.2) is 35.0 Å². The third-order valence-corrected chi connectivity index (χ3v) is 2.47. The van der Waals surface area contributed by atoms with Gasteiger partial charge in [0.2, 0.25) is 0 Å². The second-order valence-electron chi connectivity index (χ2n) is 3.64. The minimum absolute atomic E-state index is 0.653. The lowest BCUT2D eigenvalue weighted by Gasteiger charge is -2.03. The molecule has 0 aliphatic heterocycles. The molecule has 0 saturated heterocycles. The molecule has 6 heteroatoms. The molecule has 2 aromatic heterocycles. The molecule has 2 aromatic rings. The van der Waals surface area contributed by atoms with Crippen molar-refractivity contribution in [3.05, 3.63) is 24.4 Å². The minimum Gasteiger partial charge on any atom is -0.442 e. The van der Waals surface area contributed by atoms with Crippen LogP contribution < -0.4 is 5.32 Å². The minimum atomic E-state index is 0.653. The summed E-state index contributed by atoms with van der Waals surface area (Å²) in [6.45, 7) is 2.12. The van der Waals surface area contributed by atoms with Gasteiger partial charge in [-0.3, -0.25) is 4.68 Å². The van der Waals surface area contributed by atoms with Crippen LogP contribution in [0.3, 0.4) is 0 Å². The van der Waals surface area contributed by atoms with E-state index in [4.69, 9.17) is 9.15 Å². The lowest BCUT2D eigenvalue weighted by molar-refractivity contribution is 0.199. The molecule has 92 valence electrons. The Kier molecular flexibility index (Phi) is 3.89. The summed E-state index contributed by atoms with van der Waals surface area (Å²) in [5.74, 6) is 0.759. The number of ether oxygens (including phenoxy) is 1. The fraction of sp³-hybridized carbons (Fsp3) is 0.455. The lowest BCUT2D eigenvalue weighted by Crippen LogP contribution is -2.19. The molecule has 0 atom stereocenters. The van der Waals surface area contributed by atoms with E-state index >= 15 is 0 Å². The van der Waals surface area contributed by atoms with Gasteiger partial charge in [0.25, 0.3) is 0 Å². The highest BCUT2D eigenvalue weighted by Crippen LogP contribution is 2.21. The predicted octanol–water partition coefficient (Wildman–Crippen LogP) is 0.811. The molecule has 2 rings (SSSR count). The quantitative estimate of drug-likeness (QED) is 0.752. The first-order chi connectivity index (χ1) is 8.33. The van der Waals surface area contributed by atoms with Crippen molar-refractivity contribution in [2.45, 2.75) is 6.54 Å². The summed E-state index contributed by atoms with van der Waals surface area (Å²) in [4.78, 5) is 4.20. The van der Waals surface area contributed by atoms with Crippen molar-refractivity contribution in [2.24, 2.45) is 7.05 Å². The lowest BCUT2D eigenvalue weighted by atomic mass is 10.2. The standard InChI is InChI=1S/C11H16N4O2/c1-15-10(3-4-14-15)11-9(13-8-17-11)7-12-5-6-16-2/h3-4,8,12H,5-7H2,1-2H3. The Hall–Kier alpha value is -1.66. The number of hydrogen-bond donors (Lipinski definition) is 1. The van der Waals surface area contributed by atoms with Crippen molar-refractivity contribution < 1.29 is 9.15 Å². The molecule has 2 heterocycles. The smallest absolute Gasteiger partial charge is 0.181 e. The number of hydrogen-bond acceptors (Lipinski definition) is 5. The Bertz CT molecular complexity index is 463. The summed E-state index contributed by atoms with van der Waals surface area (Å²) >= 11 is 0. The first kappa shape index (κ1) is 11.8. The van der Waals surface area contributed by atoms with Crippen LogP contribution in [0.15, 0.2) is 23.1 Å². The highest BCUT2D eigenvalue weighted by Gasteiger charge is 2.13. The molecular formula is C11H16N4O2. The fourth-order valence-corrected chi connectivity index (χ4v) is 1.58. The van der Waals surface area contributed by atoms with Gasteiger partial charge in [-0.15, -0.1) is 0 Å². The van der Waals surface area contributed by atoms with Gasteiger partial charge in [0, 0.05) is 33.4 Å². The van der Waals surface area contributed by atoms with Gasteiger partial charge >= 0.3 is 0 Å². The van der Waals surface area contributed by atoms with Crippen LogP contribution in [0, 0.1) is 0 Å². The van der Waals surface area contributed by atoms with Crippen molar-refractivity contribution in [2.75, 3.05) is 20.3 Å². The van der Waals surface area contributed by atoms with Gasteiger partial charge in [-0.2, -0.15) is 5.10 Å². The van der Waals surface area contributed by atoms with Crippen molar-refractivity contribution in [3.63, 3.8) is 0 Å². The van der Waals surface area contributed by atoms with E-state index in [2.05, 4.69) is 15.4 Å². The number of aromatic nitrogens is 3. The van der Waals surface area contributed by atoms with E-state index in [0.717, 1.165) is 23.7 Å². The van der Waals surface area contributed by atoms with Gasteiger partial charge in [-0.25, -0.2) is 4.98 Å². The van der Waals surface area contributed by atoms with Crippen molar-refractivity contribution in [1.29, 1.82) is 0 Å². The Balaban J connectivity index is 2.05. The maximum Gasteiger partial charge on any atom is 0.181 e. The third kappa shape index (κ3) is 2.72. The normalized spacial score (nSPS) is 10.9. The molecule has 0 saturated carbocycles. The summed E-state index contributed by atoms with van der Waals surface area (Å²) in [5.41, 5.74) is 1.80. The highest BCUT2D eigenvalue weighted by atomic mass is 16.5. The van der Waals surface area contributed by atoms with Gasteiger partial charge < -0.3 is 14.5 Å². The van der Waals surface area contributed by atoms with Gasteiger partial charge in [0.15, 0.2) is 12.2 Å². The molecule has 0 spiro atoms. The summed E-state index contributed by atoms with van der Waals surface area (Å²) < 4.78 is 12.1. The summed E-state index contributed by atoms with van der Waals surface area (Å²) in [7, 11) is 3.55. The molecule has 17 heavy (non-hydrogen) atoms. The van der Waals surface area contributed by atoms with Gasteiger partial charge in [0.1, 0.15) is 11.4 Å². The first-order valence-corrected chi connectivity index (χ1v) is 5.43. The fourth-order valence-electron chi connectivity index (χ4n) is 1.58. The summed E-state index contributed by atoms with van der Waals surface area (Å²) in [6.07, 6.45) is 3.19. The van der Waals surface area contributed by atoms with E-state index in [-0.39, 0.29) is 0 Å². The Labute approximate surface area is 99.6 Å². The van der Waals surface area contributed by atoms with Crippen molar-refractivity contribution in [1.82, 2.24) is 20.1 Å². The second-order valence-corrected chi connectivity index (χ2v) is 3.64. The van der Waals surface area contributed by atoms with Crippen molar-refractivity contribution >= 4 is 0 Å². The average molecular weight is 236 g/mol. The summed E-state index contributed by atoms with van der Waals surface area (Å²) in [6, 6.07) is 1.90. The number of nitrogens with one attached hydrogen (secondary N) is 1. The van der Waals surface area contributed by atoms with E-state index in [1.54, 1.807) is 18.0 Å². The predicted molar refractivity (Wildman–Crippen MR) is 62.3 cm³/mol. The van der Waals surface area contributed by atoms with Crippen LogP contribution in [0.25, 0.3) is 11.5 Å². The van der Waals surface area contributed by atoms with E-state index in [9.17, 15) is 0 Å². The average Bonchev–Trinajstić information content (AvgIpc) is 2.93. The van der Waals surface area contributed by atoms with Crippen LogP contribution in [0.2, 0.25) is 0 Å². The third-order valence-electron chi connectivity index (χ3n) is 2.47. The van der Waals surface area contributed by atoms with E-state index in [0.29, 0.717) is 13.2 Å². The number of oxazole rings is 1. The van der Waals surface area contributed by atoms with E-state index < -0.39 is 0 Å². The van der Waals surface area contributed by atoms with Crippen LogP contribution in [0.5, 0.6) is 0 Å². The molecule has 1 N–H and O–H groups in total. The maximum absolute atomic E-state index is 5.40. The zero-order chi connectivity index (χ0) is 12.1. The van der Waals surface area contributed by atoms with E-state index in [1.807, 2.05) is 13.1 Å².